The first-order valence-electron chi connectivity index (χ1n) is 9.64. The quantitative estimate of drug-likeness (QED) is 0.393. The van der Waals surface area contributed by atoms with Gasteiger partial charge in [-0.25, -0.2) is 0 Å². The summed E-state index contributed by atoms with van der Waals surface area (Å²) in [7, 11) is 0. The second-order valence-corrected chi connectivity index (χ2v) is 7.46. The number of fused-ring (bicyclic) bond motifs is 1. The number of nitrogens with zero attached hydrogens (tertiary/aromatic N) is 2. The molecule has 1 heterocycles. The molecular weight excluding hydrogens is 439 g/mol. The highest BCUT2D eigenvalue weighted by Crippen LogP contribution is 2.27. The molecule has 1 atom stereocenters. The Morgan fingerprint density at radius 2 is 1.96 bits per heavy atom. The van der Waals surface area contributed by atoms with Crippen molar-refractivity contribution in [2.24, 2.45) is 16.6 Å². The molecule has 1 aliphatic carbocycles. The van der Waals surface area contributed by atoms with E-state index in [1.165, 1.54) is 30.4 Å². The molecule has 1 aromatic rings. The fourth-order valence-corrected chi connectivity index (χ4v) is 3.92. The van der Waals surface area contributed by atoms with E-state index < -0.39 is 0 Å². The summed E-state index contributed by atoms with van der Waals surface area (Å²) in [5.41, 5.74) is 10.2. The number of ether oxygens (including phenoxy) is 1. The number of benzene rings is 1. The summed E-state index contributed by atoms with van der Waals surface area (Å²) in [6.07, 6.45) is 4.85. The first-order chi connectivity index (χ1) is 12.1. The minimum atomic E-state index is 0. The molecule has 1 aromatic carbocycles. The first kappa shape index (κ1) is 21.4. The third-order valence-electron chi connectivity index (χ3n) is 5.39. The Bertz CT molecular complexity index is 599. The second-order valence-electron chi connectivity index (χ2n) is 7.46. The van der Waals surface area contributed by atoms with Crippen LogP contribution < -0.4 is 11.1 Å². The van der Waals surface area contributed by atoms with E-state index in [9.17, 15) is 0 Å². The van der Waals surface area contributed by atoms with Crippen LogP contribution in [0.15, 0.2) is 23.2 Å². The van der Waals surface area contributed by atoms with E-state index in [0.29, 0.717) is 17.9 Å². The molecule has 0 bridgehead atoms. The summed E-state index contributed by atoms with van der Waals surface area (Å²) >= 11 is 0. The molecule has 1 aliphatic heterocycles. The van der Waals surface area contributed by atoms with Crippen LogP contribution in [0.2, 0.25) is 0 Å². The maximum absolute atomic E-state index is 6.21. The summed E-state index contributed by atoms with van der Waals surface area (Å²) in [6.45, 7) is 8.84. The molecular formula is C20H33IN4O. The number of hydrogen-bond acceptors (Lipinski definition) is 3. The molecule has 0 radical (unpaired) electrons. The largest absolute Gasteiger partial charge is 0.379 e. The van der Waals surface area contributed by atoms with Crippen molar-refractivity contribution in [3.63, 3.8) is 0 Å². The average molecular weight is 472 g/mol. The Morgan fingerprint density at radius 1 is 1.23 bits per heavy atom. The highest BCUT2D eigenvalue weighted by Gasteiger charge is 2.23. The summed E-state index contributed by atoms with van der Waals surface area (Å²) in [4.78, 5) is 7.15. The van der Waals surface area contributed by atoms with E-state index in [-0.39, 0.29) is 24.0 Å². The van der Waals surface area contributed by atoms with Crippen molar-refractivity contribution in [1.29, 1.82) is 0 Å². The molecule has 1 unspecified atom stereocenters. The number of anilines is 1. The molecule has 1 fully saturated rings. The maximum atomic E-state index is 6.21. The summed E-state index contributed by atoms with van der Waals surface area (Å²) in [5, 5.41) is 3.35. The number of nitrogens with one attached hydrogen (secondary N) is 1. The number of aliphatic imine (C=N–C) groups is 1. The van der Waals surface area contributed by atoms with Crippen LogP contribution in [0.25, 0.3) is 0 Å². The van der Waals surface area contributed by atoms with Crippen molar-refractivity contribution in [3.05, 3.63) is 29.3 Å². The lowest BCUT2D eigenvalue weighted by Crippen LogP contribution is -2.47. The summed E-state index contributed by atoms with van der Waals surface area (Å²) in [5.74, 6) is 1.07. The molecule has 3 N–H and O–H groups in total. The lowest BCUT2D eigenvalue weighted by Gasteiger charge is -2.36. The fourth-order valence-electron chi connectivity index (χ4n) is 3.92. The highest BCUT2D eigenvalue weighted by molar-refractivity contribution is 14.0. The molecule has 0 spiro atoms. The smallest absolute Gasteiger partial charge is 0.193 e. The van der Waals surface area contributed by atoms with Gasteiger partial charge < -0.3 is 15.8 Å². The van der Waals surface area contributed by atoms with Crippen LogP contribution in [-0.4, -0.2) is 49.7 Å². The zero-order valence-corrected chi connectivity index (χ0v) is 18.4. The van der Waals surface area contributed by atoms with E-state index >= 15 is 0 Å². The number of aryl methyl sites for hydroxylation is 1. The average Bonchev–Trinajstić information content (AvgIpc) is 2.63. The van der Waals surface area contributed by atoms with Gasteiger partial charge in [0.15, 0.2) is 5.96 Å². The summed E-state index contributed by atoms with van der Waals surface area (Å²) < 4.78 is 5.47. The van der Waals surface area contributed by atoms with Crippen LogP contribution >= 0.6 is 24.0 Å². The molecule has 0 amide bonds. The fraction of sp³-hybridized carbons (Fsp3) is 0.650. The topological polar surface area (TPSA) is 62.9 Å². The molecule has 2 aliphatic rings. The SMILES string of the molecule is CC(C)C(CN=C(N)Nc1cccc2c1CCCC2)N1CCOCC1.I. The van der Waals surface area contributed by atoms with Gasteiger partial charge in [0.1, 0.15) is 0 Å². The Hall–Kier alpha value is -0.860. The normalized spacial score (nSPS) is 19.6. The van der Waals surface area contributed by atoms with E-state index in [1.54, 1.807) is 0 Å². The Morgan fingerprint density at radius 3 is 2.69 bits per heavy atom. The molecule has 146 valence electrons. The number of halogens is 1. The van der Waals surface area contributed by atoms with Crippen molar-refractivity contribution >= 4 is 35.6 Å². The predicted octanol–water partition coefficient (Wildman–Crippen LogP) is 3.27. The van der Waals surface area contributed by atoms with Crippen LogP contribution in [0.3, 0.4) is 0 Å². The van der Waals surface area contributed by atoms with Crippen molar-refractivity contribution in [3.8, 4) is 0 Å². The predicted molar refractivity (Wildman–Crippen MR) is 120 cm³/mol. The number of nitrogens with two attached hydrogens (primary N) is 1. The van der Waals surface area contributed by atoms with E-state index in [0.717, 1.165) is 45.0 Å². The zero-order chi connectivity index (χ0) is 17.6. The van der Waals surface area contributed by atoms with Gasteiger partial charge >= 0.3 is 0 Å². The molecule has 1 saturated heterocycles. The van der Waals surface area contributed by atoms with Gasteiger partial charge in [0.05, 0.1) is 19.8 Å². The van der Waals surface area contributed by atoms with E-state index in [4.69, 9.17) is 10.5 Å². The highest BCUT2D eigenvalue weighted by atomic mass is 127. The molecule has 6 heteroatoms. The molecule has 0 saturated carbocycles. The maximum Gasteiger partial charge on any atom is 0.193 e. The van der Waals surface area contributed by atoms with Gasteiger partial charge in [0.25, 0.3) is 0 Å². The molecule has 26 heavy (non-hydrogen) atoms. The number of rotatable bonds is 5. The first-order valence-corrected chi connectivity index (χ1v) is 9.64. The van der Waals surface area contributed by atoms with Gasteiger partial charge in [0, 0.05) is 24.8 Å². The van der Waals surface area contributed by atoms with Gasteiger partial charge in [-0.1, -0.05) is 26.0 Å². The van der Waals surface area contributed by atoms with Gasteiger partial charge in [-0.05, 0) is 48.8 Å². The summed E-state index contributed by atoms with van der Waals surface area (Å²) in [6, 6.07) is 6.88. The van der Waals surface area contributed by atoms with Crippen molar-refractivity contribution in [2.75, 3.05) is 38.2 Å². The molecule has 3 rings (SSSR count). The number of morpholine rings is 1. The van der Waals surface area contributed by atoms with Crippen molar-refractivity contribution < 1.29 is 4.74 Å². The van der Waals surface area contributed by atoms with Crippen LogP contribution in [0.1, 0.15) is 37.8 Å². The van der Waals surface area contributed by atoms with Crippen LogP contribution in [0.4, 0.5) is 5.69 Å². The van der Waals surface area contributed by atoms with Gasteiger partial charge in [-0.15, -0.1) is 24.0 Å². The third-order valence-corrected chi connectivity index (χ3v) is 5.39. The lowest BCUT2D eigenvalue weighted by molar-refractivity contribution is 0.00870. The Balaban J connectivity index is 0.00000243. The number of hydrogen-bond donors (Lipinski definition) is 2. The Labute approximate surface area is 174 Å². The van der Waals surface area contributed by atoms with E-state index in [1.807, 2.05) is 0 Å². The second kappa shape index (κ2) is 10.5. The van der Waals surface area contributed by atoms with Gasteiger partial charge in [0.2, 0.25) is 0 Å². The monoisotopic (exact) mass is 472 g/mol. The minimum Gasteiger partial charge on any atom is -0.379 e. The van der Waals surface area contributed by atoms with E-state index in [2.05, 4.69) is 47.3 Å². The number of guanidine groups is 1. The lowest BCUT2D eigenvalue weighted by atomic mass is 9.90. The minimum absolute atomic E-state index is 0. The van der Waals surface area contributed by atoms with Crippen molar-refractivity contribution in [1.82, 2.24) is 4.90 Å². The zero-order valence-electron chi connectivity index (χ0n) is 16.0. The molecule has 0 aromatic heterocycles. The van der Waals surface area contributed by atoms with Crippen LogP contribution in [-0.2, 0) is 17.6 Å². The standard InChI is InChI=1S/C20H32N4O.HI/c1-15(2)19(24-10-12-25-13-11-24)14-22-20(21)23-18-9-5-7-16-6-3-4-8-17(16)18;/h5,7,9,15,19H,3-4,6,8,10-14H2,1-2H3,(H3,21,22,23);1H. The van der Waals surface area contributed by atoms with Crippen LogP contribution in [0.5, 0.6) is 0 Å². The van der Waals surface area contributed by atoms with Gasteiger partial charge in [-0.2, -0.15) is 0 Å². The van der Waals surface area contributed by atoms with Crippen LogP contribution in [0, 0.1) is 5.92 Å². The van der Waals surface area contributed by atoms with Crippen molar-refractivity contribution in [2.45, 2.75) is 45.6 Å². The van der Waals surface area contributed by atoms with Gasteiger partial charge in [-0.3, -0.25) is 9.89 Å². The Kier molecular flexibility index (Phi) is 8.63. The molecule has 5 nitrogen and oxygen atoms in total. The third kappa shape index (κ3) is 5.57.